The van der Waals surface area contributed by atoms with Crippen LogP contribution in [0.2, 0.25) is 0 Å². The lowest BCUT2D eigenvalue weighted by Crippen LogP contribution is -2.68. The first-order valence-electron chi connectivity index (χ1n) is 8.88. The van der Waals surface area contributed by atoms with Crippen molar-refractivity contribution in [3.05, 3.63) is 0 Å². The van der Waals surface area contributed by atoms with Crippen LogP contribution in [-0.2, 0) is 14.3 Å². The summed E-state index contributed by atoms with van der Waals surface area (Å²) in [5, 5.41) is 23.5. The summed E-state index contributed by atoms with van der Waals surface area (Å²) in [6.07, 6.45) is -1.14. The molecule has 0 spiro atoms. The molecule has 0 aliphatic carbocycles. The van der Waals surface area contributed by atoms with Gasteiger partial charge < -0.3 is 25.0 Å². The summed E-state index contributed by atoms with van der Waals surface area (Å²) in [6.45, 7) is 13.1. The highest BCUT2D eigenvalue weighted by atomic mass is 16.6. The molecule has 1 aliphatic rings. The quantitative estimate of drug-likeness (QED) is 0.653. The van der Waals surface area contributed by atoms with Crippen LogP contribution in [0, 0.1) is 5.41 Å². The van der Waals surface area contributed by atoms with Gasteiger partial charge in [0.2, 0.25) is 5.91 Å². The number of carbonyl (C=O) groups excluding carboxylic acids is 1. The second-order valence-corrected chi connectivity index (χ2v) is 8.03. The zero-order valence-corrected chi connectivity index (χ0v) is 16.1. The highest BCUT2D eigenvalue weighted by Gasteiger charge is 2.51. The lowest BCUT2D eigenvalue weighted by molar-refractivity contribution is -0.254. The van der Waals surface area contributed by atoms with E-state index >= 15 is 0 Å². The van der Waals surface area contributed by atoms with Crippen LogP contribution in [0.25, 0.3) is 0 Å². The summed E-state index contributed by atoms with van der Waals surface area (Å²) in [7, 11) is 0. The van der Waals surface area contributed by atoms with Gasteiger partial charge in [-0.3, -0.25) is 4.79 Å². The third-order valence-electron chi connectivity index (χ3n) is 5.26. The van der Waals surface area contributed by atoms with E-state index in [4.69, 9.17) is 9.47 Å². The Morgan fingerprint density at radius 1 is 1.21 bits per heavy atom. The molecule has 3 N–H and O–H groups in total. The van der Waals surface area contributed by atoms with Crippen molar-refractivity contribution < 1.29 is 24.5 Å². The van der Waals surface area contributed by atoms with Crippen molar-refractivity contribution in [2.45, 2.75) is 97.4 Å². The summed E-state index contributed by atoms with van der Waals surface area (Å²) in [4.78, 5) is 11.6. The van der Waals surface area contributed by atoms with Crippen molar-refractivity contribution in [3.8, 4) is 0 Å². The summed E-state index contributed by atoms with van der Waals surface area (Å²) in [5.74, 6) is -0.226. The van der Waals surface area contributed by atoms with E-state index in [0.717, 1.165) is 12.8 Å². The number of amides is 1. The Morgan fingerprint density at radius 3 is 2.21 bits per heavy atom. The largest absolute Gasteiger partial charge is 0.394 e. The smallest absolute Gasteiger partial charge is 0.217 e. The molecule has 0 aromatic heterocycles. The van der Waals surface area contributed by atoms with Crippen LogP contribution in [0.4, 0.5) is 0 Å². The minimum Gasteiger partial charge on any atom is -0.394 e. The summed E-state index contributed by atoms with van der Waals surface area (Å²) in [6, 6.07) is -0.585. The maximum absolute atomic E-state index is 11.6. The minimum absolute atomic E-state index is 0.226. The van der Waals surface area contributed by atoms with Crippen LogP contribution >= 0.6 is 0 Å². The van der Waals surface area contributed by atoms with Crippen molar-refractivity contribution in [1.29, 1.82) is 0 Å². The molecular formula is C18H35NO5. The maximum atomic E-state index is 11.6. The molecule has 5 unspecified atom stereocenters. The van der Waals surface area contributed by atoms with Crippen molar-refractivity contribution in [2.75, 3.05) is 6.61 Å². The molecule has 0 saturated carbocycles. The Morgan fingerprint density at radius 2 is 1.79 bits per heavy atom. The predicted molar refractivity (Wildman–Crippen MR) is 92.7 cm³/mol. The lowest BCUT2D eigenvalue weighted by atomic mass is 9.75. The number of hydrogen-bond donors (Lipinski definition) is 3. The standard InChI is InChI=1S/C18H35NO5/c1-8-17(4,5)16-13(19-11(3)21)14(22)15(12(10-20)23-16)24-18(6,7)9-2/h12-16,20,22H,8-10H2,1-7H3,(H,19,21). The maximum Gasteiger partial charge on any atom is 0.217 e. The van der Waals surface area contributed by atoms with E-state index < -0.39 is 36.1 Å². The molecule has 1 heterocycles. The first-order chi connectivity index (χ1) is 11.0. The zero-order chi connectivity index (χ0) is 18.7. The van der Waals surface area contributed by atoms with Gasteiger partial charge in [0, 0.05) is 6.92 Å². The van der Waals surface area contributed by atoms with Crippen molar-refractivity contribution >= 4 is 5.91 Å². The van der Waals surface area contributed by atoms with Gasteiger partial charge in [-0.1, -0.05) is 27.7 Å². The molecule has 0 aromatic carbocycles. The molecule has 6 nitrogen and oxygen atoms in total. The van der Waals surface area contributed by atoms with Crippen LogP contribution < -0.4 is 5.32 Å². The van der Waals surface area contributed by atoms with Crippen LogP contribution in [0.15, 0.2) is 0 Å². The second-order valence-electron chi connectivity index (χ2n) is 8.03. The van der Waals surface area contributed by atoms with Crippen molar-refractivity contribution in [2.24, 2.45) is 5.41 Å². The number of rotatable bonds is 7. The van der Waals surface area contributed by atoms with E-state index in [1.54, 1.807) is 0 Å². The molecule has 1 fully saturated rings. The van der Waals surface area contributed by atoms with Gasteiger partial charge in [0.1, 0.15) is 18.3 Å². The third-order valence-corrected chi connectivity index (χ3v) is 5.26. The number of carbonyl (C=O) groups is 1. The van der Waals surface area contributed by atoms with Crippen LogP contribution in [0.5, 0.6) is 0 Å². The Labute approximate surface area is 145 Å². The van der Waals surface area contributed by atoms with Crippen LogP contribution in [0.1, 0.15) is 61.3 Å². The molecule has 1 amide bonds. The molecule has 5 atom stereocenters. The van der Waals surface area contributed by atoms with E-state index in [1.165, 1.54) is 6.92 Å². The highest BCUT2D eigenvalue weighted by Crippen LogP contribution is 2.37. The molecule has 0 bridgehead atoms. The average Bonchev–Trinajstić information content (AvgIpc) is 2.50. The van der Waals surface area contributed by atoms with Gasteiger partial charge in [0.15, 0.2) is 0 Å². The zero-order valence-electron chi connectivity index (χ0n) is 16.1. The van der Waals surface area contributed by atoms with Crippen molar-refractivity contribution in [3.63, 3.8) is 0 Å². The number of nitrogens with one attached hydrogen (secondary N) is 1. The van der Waals surface area contributed by atoms with E-state index in [0.29, 0.717) is 0 Å². The summed E-state index contributed by atoms with van der Waals surface area (Å²) >= 11 is 0. The van der Waals surface area contributed by atoms with Gasteiger partial charge >= 0.3 is 0 Å². The van der Waals surface area contributed by atoms with Gasteiger partial charge in [-0.15, -0.1) is 0 Å². The molecule has 0 aromatic rings. The highest BCUT2D eigenvalue weighted by molar-refractivity contribution is 5.73. The number of aliphatic hydroxyl groups is 2. The molecule has 0 radical (unpaired) electrons. The van der Waals surface area contributed by atoms with E-state index in [1.807, 2.05) is 41.5 Å². The third kappa shape index (κ3) is 4.91. The van der Waals surface area contributed by atoms with Gasteiger partial charge in [-0.05, 0) is 32.1 Å². The fraction of sp³-hybridized carbons (Fsp3) is 0.944. The number of hydrogen-bond acceptors (Lipinski definition) is 5. The number of ether oxygens (including phenoxy) is 2. The van der Waals surface area contributed by atoms with Gasteiger partial charge in [0.25, 0.3) is 0 Å². The summed E-state index contributed by atoms with van der Waals surface area (Å²) < 4.78 is 12.2. The SMILES string of the molecule is CCC(C)(C)OC1C(CO)OC(C(C)(C)CC)C(NC(C)=O)C1O. The lowest BCUT2D eigenvalue weighted by Gasteiger charge is -2.51. The normalized spacial score (nSPS) is 31.8. The minimum atomic E-state index is -0.957. The van der Waals surface area contributed by atoms with Crippen molar-refractivity contribution in [1.82, 2.24) is 5.32 Å². The molecule has 6 heteroatoms. The van der Waals surface area contributed by atoms with E-state index in [2.05, 4.69) is 5.32 Å². The van der Waals surface area contributed by atoms with Gasteiger partial charge in [0.05, 0.1) is 24.4 Å². The molecule has 1 rings (SSSR count). The topological polar surface area (TPSA) is 88.0 Å². The van der Waals surface area contributed by atoms with Gasteiger partial charge in [-0.2, -0.15) is 0 Å². The average molecular weight is 345 g/mol. The Kier molecular flexibility index (Phi) is 7.23. The fourth-order valence-electron chi connectivity index (χ4n) is 2.97. The molecule has 24 heavy (non-hydrogen) atoms. The van der Waals surface area contributed by atoms with E-state index in [9.17, 15) is 15.0 Å². The molecule has 1 aliphatic heterocycles. The monoisotopic (exact) mass is 345 g/mol. The Hall–Kier alpha value is -0.690. The second kappa shape index (κ2) is 8.13. The van der Waals surface area contributed by atoms with Gasteiger partial charge in [-0.25, -0.2) is 0 Å². The number of aliphatic hydroxyl groups excluding tert-OH is 2. The first kappa shape index (κ1) is 21.4. The molecule has 142 valence electrons. The molecular weight excluding hydrogens is 310 g/mol. The Bertz CT molecular complexity index is 424. The fourth-order valence-corrected chi connectivity index (χ4v) is 2.97. The first-order valence-corrected chi connectivity index (χ1v) is 8.88. The Balaban J connectivity index is 3.16. The van der Waals surface area contributed by atoms with E-state index in [-0.39, 0.29) is 17.9 Å². The summed E-state index contributed by atoms with van der Waals surface area (Å²) in [5.41, 5.74) is -0.733. The predicted octanol–water partition coefficient (Wildman–Crippen LogP) is 1.62. The van der Waals surface area contributed by atoms with Crippen LogP contribution in [-0.4, -0.2) is 58.8 Å². The van der Waals surface area contributed by atoms with Crippen LogP contribution in [0.3, 0.4) is 0 Å². The molecule has 1 saturated heterocycles.